The lowest BCUT2D eigenvalue weighted by Crippen LogP contribution is -2.20. The molecule has 1 N–H and O–H groups in total. The Labute approximate surface area is 103 Å². The molecule has 0 radical (unpaired) electrons. The first-order valence-electron chi connectivity index (χ1n) is 6.03. The molecule has 0 saturated carbocycles. The molecular formula is C15H19NO. The molecule has 2 heteroatoms. The fourth-order valence-corrected chi connectivity index (χ4v) is 1.88. The molecule has 1 aromatic carbocycles. The minimum Gasteiger partial charge on any atom is -0.284 e. The van der Waals surface area contributed by atoms with Crippen LogP contribution in [0.25, 0.3) is 0 Å². The maximum Gasteiger partial charge on any atom is 0.0693 e. The largest absolute Gasteiger partial charge is 0.284 e. The molecular weight excluding hydrogens is 210 g/mol. The van der Waals surface area contributed by atoms with E-state index in [0.29, 0.717) is 11.8 Å². The zero-order chi connectivity index (χ0) is 12.4. The van der Waals surface area contributed by atoms with Crippen molar-refractivity contribution in [2.75, 3.05) is 5.06 Å². The van der Waals surface area contributed by atoms with Gasteiger partial charge in [0.1, 0.15) is 0 Å². The van der Waals surface area contributed by atoms with Gasteiger partial charge in [0.25, 0.3) is 0 Å². The highest BCUT2D eigenvalue weighted by atomic mass is 16.5. The maximum absolute atomic E-state index is 10.2. The van der Waals surface area contributed by atoms with E-state index in [1.165, 1.54) is 10.6 Å². The second-order valence-corrected chi connectivity index (χ2v) is 4.82. The van der Waals surface area contributed by atoms with Crippen LogP contribution in [0.15, 0.2) is 48.2 Å². The third-order valence-corrected chi connectivity index (χ3v) is 3.36. The van der Waals surface area contributed by atoms with E-state index in [0.717, 1.165) is 11.4 Å². The summed E-state index contributed by atoms with van der Waals surface area (Å²) in [6, 6.07) is 7.84. The van der Waals surface area contributed by atoms with Gasteiger partial charge in [-0.1, -0.05) is 43.7 Å². The highest BCUT2D eigenvalue weighted by Crippen LogP contribution is 2.26. The van der Waals surface area contributed by atoms with Gasteiger partial charge >= 0.3 is 0 Å². The van der Waals surface area contributed by atoms with Gasteiger partial charge in [0.15, 0.2) is 0 Å². The molecule has 2 rings (SSSR count). The molecule has 0 aliphatic heterocycles. The zero-order valence-electron chi connectivity index (χ0n) is 10.6. The molecule has 0 heterocycles. The molecule has 0 spiro atoms. The summed E-state index contributed by atoms with van der Waals surface area (Å²) >= 11 is 0. The van der Waals surface area contributed by atoms with Gasteiger partial charge in [0, 0.05) is 0 Å². The number of benzene rings is 1. The van der Waals surface area contributed by atoms with Crippen molar-refractivity contribution in [3.05, 3.63) is 53.8 Å². The number of aryl methyl sites for hydroxylation is 1. The van der Waals surface area contributed by atoms with Gasteiger partial charge in [0.2, 0.25) is 0 Å². The van der Waals surface area contributed by atoms with Gasteiger partial charge in [-0.2, -0.15) is 0 Å². The molecule has 0 fully saturated rings. The molecule has 0 saturated heterocycles. The molecule has 1 aliphatic carbocycles. The lowest BCUT2D eigenvalue weighted by Gasteiger charge is -2.24. The van der Waals surface area contributed by atoms with E-state index >= 15 is 0 Å². The summed E-state index contributed by atoms with van der Waals surface area (Å²) in [6.45, 7) is 6.38. The van der Waals surface area contributed by atoms with Gasteiger partial charge in [-0.3, -0.25) is 5.21 Å². The van der Waals surface area contributed by atoms with E-state index in [1.807, 2.05) is 37.3 Å². The van der Waals surface area contributed by atoms with Crippen molar-refractivity contribution in [2.45, 2.75) is 20.8 Å². The van der Waals surface area contributed by atoms with Crippen molar-refractivity contribution in [1.29, 1.82) is 0 Å². The fourth-order valence-electron chi connectivity index (χ4n) is 1.88. The third-order valence-electron chi connectivity index (χ3n) is 3.36. The van der Waals surface area contributed by atoms with E-state index in [1.54, 1.807) is 0 Å². The van der Waals surface area contributed by atoms with Gasteiger partial charge in [-0.15, -0.1) is 0 Å². The average Bonchev–Trinajstić information content (AvgIpc) is 2.33. The second kappa shape index (κ2) is 4.76. The molecule has 1 aliphatic rings. The normalized spacial score (nSPS) is 23.4. The van der Waals surface area contributed by atoms with Crippen molar-refractivity contribution in [3.63, 3.8) is 0 Å². The monoisotopic (exact) mass is 229 g/mol. The summed E-state index contributed by atoms with van der Waals surface area (Å²) in [7, 11) is 0. The summed E-state index contributed by atoms with van der Waals surface area (Å²) in [4.78, 5) is 0. The van der Waals surface area contributed by atoms with E-state index in [4.69, 9.17) is 0 Å². The van der Waals surface area contributed by atoms with E-state index in [-0.39, 0.29) is 0 Å². The number of anilines is 1. The molecule has 2 unspecified atom stereocenters. The Bertz CT molecular complexity index is 444. The number of allylic oxidation sites excluding steroid dienone is 3. The van der Waals surface area contributed by atoms with Crippen LogP contribution in [0.3, 0.4) is 0 Å². The molecule has 90 valence electrons. The van der Waals surface area contributed by atoms with Crippen LogP contribution in [0.2, 0.25) is 0 Å². The van der Waals surface area contributed by atoms with Crippen LogP contribution in [0.1, 0.15) is 19.4 Å². The summed E-state index contributed by atoms with van der Waals surface area (Å²) in [5, 5.41) is 11.4. The highest BCUT2D eigenvalue weighted by Gasteiger charge is 2.16. The first kappa shape index (κ1) is 11.9. The molecule has 0 aromatic heterocycles. The van der Waals surface area contributed by atoms with Gasteiger partial charge < -0.3 is 0 Å². The number of hydrogen-bond donors (Lipinski definition) is 1. The van der Waals surface area contributed by atoms with E-state index < -0.39 is 0 Å². The van der Waals surface area contributed by atoms with Crippen LogP contribution >= 0.6 is 0 Å². The molecule has 2 atom stereocenters. The number of hydroxylamine groups is 1. The minimum atomic E-state index is 0.454. The topological polar surface area (TPSA) is 23.5 Å². The second-order valence-electron chi connectivity index (χ2n) is 4.82. The first-order valence-corrected chi connectivity index (χ1v) is 6.03. The standard InChI is InChI=1S/C15H19NO/c1-11-4-7-14(8-5-11)16(17)15-9-6-12(2)13(3)10-15/h4-10,12-13,17H,1-3H3. The van der Waals surface area contributed by atoms with E-state index in [2.05, 4.69) is 26.0 Å². The Morgan fingerprint density at radius 3 is 2.29 bits per heavy atom. The summed E-state index contributed by atoms with van der Waals surface area (Å²) in [6.07, 6.45) is 6.21. The Morgan fingerprint density at radius 2 is 1.71 bits per heavy atom. The van der Waals surface area contributed by atoms with Crippen LogP contribution in [0.5, 0.6) is 0 Å². The number of hydrogen-bond acceptors (Lipinski definition) is 2. The molecule has 2 nitrogen and oxygen atoms in total. The SMILES string of the molecule is Cc1ccc(N(O)C2=CC(C)C(C)C=C2)cc1. The molecule has 0 bridgehead atoms. The molecule has 0 amide bonds. The highest BCUT2D eigenvalue weighted by molar-refractivity contribution is 5.52. The summed E-state index contributed by atoms with van der Waals surface area (Å²) in [5.41, 5.74) is 2.84. The quantitative estimate of drug-likeness (QED) is 0.777. The summed E-state index contributed by atoms with van der Waals surface area (Å²) < 4.78 is 0. The maximum atomic E-state index is 10.2. The molecule has 17 heavy (non-hydrogen) atoms. The third kappa shape index (κ3) is 2.59. The Kier molecular flexibility index (Phi) is 3.34. The summed E-state index contributed by atoms with van der Waals surface area (Å²) in [5.74, 6) is 0.986. The van der Waals surface area contributed by atoms with Crippen molar-refractivity contribution < 1.29 is 5.21 Å². The van der Waals surface area contributed by atoms with Gasteiger partial charge in [-0.05, 0) is 37.0 Å². The number of rotatable bonds is 2. The minimum absolute atomic E-state index is 0.454. The number of nitrogens with zero attached hydrogens (tertiary/aromatic N) is 1. The predicted octanol–water partition coefficient (Wildman–Crippen LogP) is 3.92. The lowest BCUT2D eigenvalue weighted by atomic mass is 9.90. The Hall–Kier alpha value is -1.54. The Balaban J connectivity index is 2.21. The van der Waals surface area contributed by atoms with Crippen molar-refractivity contribution in [1.82, 2.24) is 0 Å². The van der Waals surface area contributed by atoms with Gasteiger partial charge in [-0.25, -0.2) is 5.06 Å². The fraction of sp³-hybridized carbons (Fsp3) is 0.333. The van der Waals surface area contributed by atoms with Crippen molar-refractivity contribution >= 4 is 5.69 Å². The van der Waals surface area contributed by atoms with E-state index in [9.17, 15) is 5.21 Å². The van der Waals surface area contributed by atoms with Crippen LogP contribution < -0.4 is 5.06 Å². The van der Waals surface area contributed by atoms with Crippen molar-refractivity contribution in [2.24, 2.45) is 11.8 Å². The van der Waals surface area contributed by atoms with Crippen LogP contribution in [0.4, 0.5) is 5.69 Å². The smallest absolute Gasteiger partial charge is 0.0693 e. The van der Waals surface area contributed by atoms with Crippen LogP contribution in [0, 0.1) is 18.8 Å². The van der Waals surface area contributed by atoms with Crippen LogP contribution in [-0.4, -0.2) is 5.21 Å². The average molecular weight is 229 g/mol. The zero-order valence-corrected chi connectivity index (χ0v) is 10.6. The first-order chi connectivity index (χ1) is 8.08. The van der Waals surface area contributed by atoms with Crippen molar-refractivity contribution in [3.8, 4) is 0 Å². The predicted molar refractivity (Wildman–Crippen MR) is 71.0 cm³/mol. The Morgan fingerprint density at radius 1 is 1.06 bits per heavy atom. The van der Waals surface area contributed by atoms with Gasteiger partial charge in [0.05, 0.1) is 11.4 Å². The molecule has 1 aromatic rings. The lowest BCUT2D eigenvalue weighted by molar-refractivity contribution is 0.285. The van der Waals surface area contributed by atoms with Crippen LogP contribution in [-0.2, 0) is 0 Å².